The molecule has 3 nitrogen and oxygen atoms in total. The van der Waals surface area contributed by atoms with E-state index < -0.39 is 0 Å². The third kappa shape index (κ3) is 1.66. The van der Waals surface area contributed by atoms with Crippen molar-refractivity contribution in [2.75, 3.05) is 0 Å². The Labute approximate surface area is 113 Å². The molecule has 1 aromatic rings. The van der Waals surface area contributed by atoms with Gasteiger partial charge in [0.1, 0.15) is 10.6 Å². The van der Waals surface area contributed by atoms with Crippen molar-refractivity contribution >= 4 is 11.3 Å². The number of thiazole rings is 1. The number of nitrogens with zero attached hydrogens (tertiary/aromatic N) is 1. The second-order valence-electron chi connectivity index (χ2n) is 6.68. The van der Waals surface area contributed by atoms with E-state index in [9.17, 15) is 0 Å². The number of rotatable bonds is 1. The van der Waals surface area contributed by atoms with Crippen LogP contribution >= 0.6 is 11.3 Å². The average molecular weight is 266 g/mol. The Morgan fingerprint density at radius 2 is 1.72 bits per heavy atom. The zero-order valence-corrected chi connectivity index (χ0v) is 12.5. The highest BCUT2D eigenvalue weighted by molar-refractivity contribution is 7.12. The number of hydrogen-bond donors (Lipinski definition) is 1. The molecule has 2 aliphatic rings. The Balaban J connectivity index is 2.08. The first-order valence-electron chi connectivity index (χ1n) is 6.76. The molecule has 1 saturated carbocycles. The summed E-state index contributed by atoms with van der Waals surface area (Å²) in [6.07, 6.45) is 4.59. The zero-order valence-electron chi connectivity index (χ0n) is 11.7. The lowest BCUT2D eigenvalue weighted by atomic mass is 10.00. The highest BCUT2D eigenvalue weighted by Crippen LogP contribution is 2.51. The van der Waals surface area contributed by atoms with Gasteiger partial charge in [-0.15, -0.1) is 11.3 Å². The van der Waals surface area contributed by atoms with Crippen LogP contribution in [0.4, 0.5) is 0 Å². The van der Waals surface area contributed by atoms with Crippen LogP contribution in [-0.2, 0) is 21.5 Å². The molecule has 100 valence electrons. The van der Waals surface area contributed by atoms with E-state index >= 15 is 0 Å². The van der Waals surface area contributed by atoms with Crippen molar-refractivity contribution in [2.24, 2.45) is 5.73 Å². The minimum Gasteiger partial charge on any atom is -0.358 e. The van der Waals surface area contributed by atoms with Crippen LogP contribution < -0.4 is 5.73 Å². The van der Waals surface area contributed by atoms with Gasteiger partial charge in [0.15, 0.2) is 0 Å². The number of ether oxygens (including phenoxy) is 1. The van der Waals surface area contributed by atoms with Crippen molar-refractivity contribution in [3.05, 3.63) is 15.6 Å². The van der Waals surface area contributed by atoms with Gasteiger partial charge in [-0.1, -0.05) is 12.8 Å². The summed E-state index contributed by atoms with van der Waals surface area (Å²) in [6.45, 7) is 8.45. The Hall–Kier alpha value is -0.450. The van der Waals surface area contributed by atoms with E-state index in [2.05, 4.69) is 27.7 Å². The molecule has 1 aliphatic heterocycles. The lowest BCUT2D eigenvalue weighted by Crippen LogP contribution is -2.33. The molecule has 1 aromatic heterocycles. The van der Waals surface area contributed by atoms with Crippen molar-refractivity contribution in [3.8, 4) is 0 Å². The lowest BCUT2D eigenvalue weighted by Gasteiger charge is -2.26. The topological polar surface area (TPSA) is 48.1 Å². The van der Waals surface area contributed by atoms with Gasteiger partial charge in [-0.2, -0.15) is 0 Å². The first-order valence-corrected chi connectivity index (χ1v) is 7.58. The average Bonchev–Trinajstić information content (AvgIpc) is 2.84. The SMILES string of the molecule is CC1(C)OC(C)(C)c2sc(C3(N)CCCC3)nc21. The molecule has 0 bridgehead atoms. The monoisotopic (exact) mass is 266 g/mol. The van der Waals surface area contributed by atoms with Crippen LogP contribution in [0.3, 0.4) is 0 Å². The Morgan fingerprint density at radius 1 is 1.11 bits per heavy atom. The van der Waals surface area contributed by atoms with Crippen molar-refractivity contribution in [1.82, 2.24) is 4.98 Å². The summed E-state index contributed by atoms with van der Waals surface area (Å²) in [5, 5.41) is 1.12. The maximum Gasteiger partial charge on any atom is 0.113 e. The van der Waals surface area contributed by atoms with E-state index in [1.165, 1.54) is 17.7 Å². The first kappa shape index (κ1) is 12.6. The Morgan fingerprint density at radius 3 is 2.28 bits per heavy atom. The fraction of sp³-hybridized carbons (Fsp3) is 0.786. The van der Waals surface area contributed by atoms with Gasteiger partial charge >= 0.3 is 0 Å². The molecule has 0 spiro atoms. The molecule has 18 heavy (non-hydrogen) atoms. The number of hydrogen-bond acceptors (Lipinski definition) is 4. The molecular weight excluding hydrogens is 244 g/mol. The van der Waals surface area contributed by atoms with E-state index in [0.717, 1.165) is 23.5 Å². The molecule has 0 aromatic carbocycles. The van der Waals surface area contributed by atoms with Gasteiger partial charge in [0.05, 0.1) is 21.7 Å². The van der Waals surface area contributed by atoms with Gasteiger partial charge < -0.3 is 10.5 Å². The summed E-state index contributed by atoms with van der Waals surface area (Å²) in [6, 6.07) is 0. The van der Waals surface area contributed by atoms with Crippen LogP contribution in [0.5, 0.6) is 0 Å². The smallest absolute Gasteiger partial charge is 0.113 e. The summed E-state index contributed by atoms with van der Waals surface area (Å²) in [7, 11) is 0. The number of nitrogens with two attached hydrogens (primary N) is 1. The van der Waals surface area contributed by atoms with Crippen LogP contribution in [0, 0.1) is 0 Å². The Bertz CT molecular complexity index is 452. The summed E-state index contributed by atoms with van der Waals surface area (Å²) in [4.78, 5) is 6.12. The van der Waals surface area contributed by atoms with E-state index in [1.54, 1.807) is 11.3 Å². The second-order valence-corrected chi connectivity index (χ2v) is 7.68. The third-order valence-electron chi connectivity index (χ3n) is 4.18. The summed E-state index contributed by atoms with van der Waals surface area (Å²) in [5.41, 5.74) is 6.93. The molecule has 0 atom stereocenters. The number of aromatic nitrogens is 1. The molecule has 1 aliphatic carbocycles. The normalized spacial score (nSPS) is 27.4. The van der Waals surface area contributed by atoms with E-state index in [0.29, 0.717) is 0 Å². The molecule has 2 heterocycles. The molecule has 0 amide bonds. The molecule has 0 unspecified atom stereocenters. The van der Waals surface area contributed by atoms with Crippen molar-refractivity contribution in [2.45, 2.75) is 70.1 Å². The first-order chi connectivity index (χ1) is 8.25. The van der Waals surface area contributed by atoms with Crippen LogP contribution in [-0.4, -0.2) is 4.98 Å². The maximum absolute atomic E-state index is 6.53. The predicted octanol–water partition coefficient (Wildman–Crippen LogP) is 3.37. The van der Waals surface area contributed by atoms with E-state index in [1.807, 2.05) is 0 Å². The molecular formula is C14H22N2OS. The summed E-state index contributed by atoms with van der Waals surface area (Å²) < 4.78 is 6.10. The van der Waals surface area contributed by atoms with Gasteiger partial charge in [0, 0.05) is 0 Å². The molecule has 3 rings (SSSR count). The lowest BCUT2D eigenvalue weighted by molar-refractivity contribution is -0.105. The minimum absolute atomic E-state index is 0.179. The van der Waals surface area contributed by atoms with E-state index in [-0.39, 0.29) is 16.7 Å². The van der Waals surface area contributed by atoms with E-state index in [4.69, 9.17) is 15.5 Å². The molecule has 2 N–H and O–H groups in total. The summed E-state index contributed by atoms with van der Waals surface area (Å²) >= 11 is 1.77. The maximum atomic E-state index is 6.53. The number of fused-ring (bicyclic) bond motifs is 1. The van der Waals surface area contributed by atoms with Crippen LogP contribution in [0.25, 0.3) is 0 Å². The van der Waals surface area contributed by atoms with Crippen molar-refractivity contribution < 1.29 is 4.74 Å². The van der Waals surface area contributed by atoms with Gasteiger partial charge in [0.2, 0.25) is 0 Å². The largest absolute Gasteiger partial charge is 0.358 e. The predicted molar refractivity (Wildman–Crippen MR) is 73.6 cm³/mol. The Kier molecular flexibility index (Phi) is 2.48. The minimum atomic E-state index is -0.289. The standard InChI is InChI=1S/C14H22N2OS/c1-12(2)9-10(13(3,4)17-12)18-11(16-9)14(15)7-5-6-8-14/h5-8,15H2,1-4H3. The fourth-order valence-corrected chi connectivity index (χ4v) is 4.71. The van der Waals surface area contributed by atoms with Gasteiger partial charge in [0.25, 0.3) is 0 Å². The summed E-state index contributed by atoms with van der Waals surface area (Å²) in [5.74, 6) is 0. The van der Waals surface area contributed by atoms with Crippen LogP contribution in [0.2, 0.25) is 0 Å². The zero-order chi connectivity index (χ0) is 13.2. The van der Waals surface area contributed by atoms with Crippen molar-refractivity contribution in [3.63, 3.8) is 0 Å². The molecule has 1 fully saturated rings. The quantitative estimate of drug-likeness (QED) is 0.847. The van der Waals surface area contributed by atoms with Crippen LogP contribution in [0.1, 0.15) is 69.0 Å². The molecule has 0 radical (unpaired) electrons. The van der Waals surface area contributed by atoms with Gasteiger partial charge in [-0.25, -0.2) is 4.98 Å². The highest BCUT2D eigenvalue weighted by Gasteiger charge is 2.48. The fourth-order valence-electron chi connectivity index (χ4n) is 3.30. The second kappa shape index (κ2) is 3.56. The highest BCUT2D eigenvalue weighted by atomic mass is 32.1. The van der Waals surface area contributed by atoms with Gasteiger partial charge in [-0.3, -0.25) is 0 Å². The van der Waals surface area contributed by atoms with Gasteiger partial charge in [-0.05, 0) is 40.5 Å². The molecule has 4 heteroatoms. The van der Waals surface area contributed by atoms with Crippen LogP contribution in [0.15, 0.2) is 0 Å². The van der Waals surface area contributed by atoms with Crippen molar-refractivity contribution in [1.29, 1.82) is 0 Å². The molecule has 0 saturated heterocycles. The third-order valence-corrected chi connectivity index (χ3v) is 5.76.